The molecule has 1 aliphatic rings. The maximum Gasteiger partial charge on any atom is 0.0991 e. The fourth-order valence-corrected chi connectivity index (χ4v) is 2.84. The molecule has 0 spiro atoms. The van der Waals surface area contributed by atoms with Crippen molar-refractivity contribution in [1.82, 2.24) is 4.57 Å². The average Bonchev–Trinajstić information content (AvgIpc) is 2.70. The fourth-order valence-electron chi connectivity index (χ4n) is 2.84. The van der Waals surface area contributed by atoms with Crippen LogP contribution >= 0.6 is 0 Å². The first-order valence-electron chi connectivity index (χ1n) is 6.28. The maximum atomic E-state index is 9.19. The van der Waals surface area contributed by atoms with Crippen LogP contribution < -0.4 is 0 Å². The second-order valence-corrected chi connectivity index (χ2v) is 5.08. The Kier molecular flexibility index (Phi) is 2.44. The van der Waals surface area contributed by atoms with Crippen molar-refractivity contribution in [2.75, 3.05) is 0 Å². The quantitative estimate of drug-likeness (QED) is 0.718. The molecule has 0 bridgehead atoms. The van der Waals surface area contributed by atoms with Crippen molar-refractivity contribution in [3.05, 3.63) is 40.6 Å². The van der Waals surface area contributed by atoms with Crippen LogP contribution in [0.25, 0.3) is 17.0 Å². The lowest BCUT2D eigenvalue weighted by atomic mass is 9.88. The van der Waals surface area contributed by atoms with E-state index in [4.69, 9.17) is 5.26 Å². The summed E-state index contributed by atoms with van der Waals surface area (Å²) >= 11 is 0. The molecule has 3 heteroatoms. The molecule has 0 saturated heterocycles. The van der Waals surface area contributed by atoms with Gasteiger partial charge in [0.2, 0.25) is 0 Å². The van der Waals surface area contributed by atoms with Crippen LogP contribution in [-0.2, 0) is 13.5 Å². The monoisotopic (exact) mass is 247 g/mol. The van der Waals surface area contributed by atoms with E-state index < -0.39 is 0 Å². The maximum absolute atomic E-state index is 9.19. The minimum atomic E-state index is 0.260. The summed E-state index contributed by atoms with van der Waals surface area (Å²) in [6.45, 7) is 2.08. The van der Waals surface area contributed by atoms with Crippen molar-refractivity contribution in [3.63, 3.8) is 0 Å². The molecule has 2 aromatic rings. The molecule has 19 heavy (non-hydrogen) atoms. The molecule has 1 aromatic heterocycles. The number of nitrogens with zero attached hydrogens (tertiary/aromatic N) is 3. The van der Waals surface area contributed by atoms with Gasteiger partial charge in [0, 0.05) is 34.8 Å². The number of aryl methyl sites for hydroxylation is 1. The number of nitriles is 2. The summed E-state index contributed by atoms with van der Waals surface area (Å²) in [6.07, 6.45) is 2.86. The van der Waals surface area contributed by atoms with Gasteiger partial charge in [0.05, 0.1) is 17.7 Å². The molecule has 0 amide bonds. The number of fused-ring (bicyclic) bond motifs is 3. The van der Waals surface area contributed by atoms with Gasteiger partial charge in [-0.15, -0.1) is 0 Å². The Morgan fingerprint density at radius 1 is 1.26 bits per heavy atom. The fraction of sp³-hybridized carbons (Fsp3) is 0.250. The number of rotatable bonds is 0. The molecule has 1 aromatic carbocycles. The van der Waals surface area contributed by atoms with Crippen molar-refractivity contribution >= 4 is 17.0 Å². The lowest BCUT2D eigenvalue weighted by Gasteiger charge is -2.17. The molecule has 0 saturated carbocycles. The summed E-state index contributed by atoms with van der Waals surface area (Å²) in [5.41, 5.74) is 4.95. The third-order valence-electron chi connectivity index (χ3n) is 3.95. The first-order chi connectivity index (χ1) is 9.15. The molecule has 92 valence electrons. The Labute approximate surface area is 112 Å². The van der Waals surface area contributed by atoms with Crippen molar-refractivity contribution in [1.29, 1.82) is 10.5 Å². The van der Waals surface area contributed by atoms with E-state index in [1.165, 1.54) is 5.69 Å². The smallest absolute Gasteiger partial charge is 0.0991 e. The molecule has 3 nitrogen and oxygen atoms in total. The zero-order valence-corrected chi connectivity index (χ0v) is 10.9. The van der Waals surface area contributed by atoms with Crippen LogP contribution in [0.3, 0.4) is 0 Å². The zero-order chi connectivity index (χ0) is 13.6. The number of hydrogen-bond donors (Lipinski definition) is 0. The summed E-state index contributed by atoms with van der Waals surface area (Å²) in [7, 11) is 2.05. The van der Waals surface area contributed by atoms with Crippen LogP contribution in [0, 0.1) is 28.6 Å². The van der Waals surface area contributed by atoms with E-state index in [1.807, 2.05) is 31.3 Å². The van der Waals surface area contributed by atoms with E-state index in [0.29, 0.717) is 5.56 Å². The summed E-state index contributed by atoms with van der Waals surface area (Å²) in [5, 5.41) is 19.3. The van der Waals surface area contributed by atoms with Gasteiger partial charge in [0.1, 0.15) is 0 Å². The van der Waals surface area contributed by atoms with Gasteiger partial charge < -0.3 is 4.57 Å². The predicted octanol–water partition coefficient (Wildman–Crippen LogP) is 3.15. The zero-order valence-electron chi connectivity index (χ0n) is 10.9. The molecule has 1 unspecified atom stereocenters. The largest absolute Gasteiger partial charge is 0.347 e. The van der Waals surface area contributed by atoms with Crippen LogP contribution in [0.4, 0.5) is 0 Å². The number of allylic oxidation sites excluding steroid dienone is 1. The number of aromatic nitrogens is 1. The van der Waals surface area contributed by atoms with E-state index in [0.717, 1.165) is 28.5 Å². The Balaban J connectivity index is 2.37. The number of benzene rings is 1. The van der Waals surface area contributed by atoms with Crippen molar-refractivity contribution in [2.24, 2.45) is 13.0 Å². The summed E-state index contributed by atoms with van der Waals surface area (Å²) in [4.78, 5) is 0. The molecule has 0 N–H and O–H groups in total. The molecular weight excluding hydrogens is 234 g/mol. The van der Waals surface area contributed by atoms with Gasteiger partial charge in [-0.1, -0.05) is 6.92 Å². The molecule has 0 fully saturated rings. The Hall–Kier alpha value is -2.52. The second kappa shape index (κ2) is 4.00. The van der Waals surface area contributed by atoms with Gasteiger partial charge in [-0.3, -0.25) is 0 Å². The highest BCUT2D eigenvalue weighted by atomic mass is 15.0. The molecular formula is C16H13N3. The lowest BCUT2D eigenvalue weighted by Crippen LogP contribution is -2.11. The van der Waals surface area contributed by atoms with E-state index in [-0.39, 0.29) is 5.92 Å². The summed E-state index contributed by atoms with van der Waals surface area (Å²) in [6, 6.07) is 10.2. The van der Waals surface area contributed by atoms with Crippen LogP contribution in [-0.4, -0.2) is 4.57 Å². The number of hydrogen-bond acceptors (Lipinski definition) is 2. The topological polar surface area (TPSA) is 52.5 Å². The molecule has 1 aliphatic carbocycles. The van der Waals surface area contributed by atoms with Gasteiger partial charge >= 0.3 is 0 Å². The van der Waals surface area contributed by atoms with E-state index >= 15 is 0 Å². The second-order valence-electron chi connectivity index (χ2n) is 5.08. The van der Waals surface area contributed by atoms with Crippen LogP contribution in [0.15, 0.2) is 23.8 Å². The van der Waals surface area contributed by atoms with E-state index in [9.17, 15) is 5.26 Å². The van der Waals surface area contributed by atoms with Gasteiger partial charge in [0.15, 0.2) is 0 Å². The Morgan fingerprint density at radius 2 is 2.05 bits per heavy atom. The predicted molar refractivity (Wildman–Crippen MR) is 74.1 cm³/mol. The average molecular weight is 247 g/mol. The first kappa shape index (κ1) is 11.6. The lowest BCUT2D eigenvalue weighted by molar-refractivity contribution is 0.654. The highest BCUT2D eigenvalue weighted by molar-refractivity contribution is 5.93. The van der Waals surface area contributed by atoms with Crippen LogP contribution in [0.5, 0.6) is 0 Å². The highest BCUT2D eigenvalue weighted by Crippen LogP contribution is 2.35. The van der Waals surface area contributed by atoms with Gasteiger partial charge in [-0.2, -0.15) is 10.5 Å². The van der Waals surface area contributed by atoms with Crippen LogP contribution in [0.1, 0.15) is 23.7 Å². The van der Waals surface area contributed by atoms with Gasteiger partial charge in [-0.25, -0.2) is 0 Å². The molecule has 3 rings (SSSR count). The molecule has 1 heterocycles. The highest BCUT2D eigenvalue weighted by Gasteiger charge is 2.23. The SMILES string of the molecule is CC1Cc2c(c3cc(C#N)ccc3n2C)C=C1C#N. The standard InChI is InChI=1S/C16H13N3/c1-10-5-16-14(7-12(10)9-18)13-6-11(8-17)3-4-15(13)19(16)2/h3-4,6-7,10H,5H2,1-2H3. The Morgan fingerprint density at radius 3 is 2.74 bits per heavy atom. The van der Waals surface area contributed by atoms with Crippen LogP contribution in [0.2, 0.25) is 0 Å². The molecule has 0 aliphatic heterocycles. The third-order valence-corrected chi connectivity index (χ3v) is 3.95. The van der Waals surface area contributed by atoms with E-state index in [1.54, 1.807) is 0 Å². The van der Waals surface area contributed by atoms with Gasteiger partial charge in [0.25, 0.3) is 0 Å². The van der Waals surface area contributed by atoms with Gasteiger partial charge in [-0.05, 0) is 36.6 Å². The third kappa shape index (κ3) is 1.56. The summed E-state index contributed by atoms with van der Waals surface area (Å²) in [5.74, 6) is 0.260. The van der Waals surface area contributed by atoms with Crippen molar-refractivity contribution < 1.29 is 0 Å². The molecule has 1 atom stereocenters. The first-order valence-corrected chi connectivity index (χ1v) is 6.28. The normalized spacial score (nSPS) is 17.5. The minimum Gasteiger partial charge on any atom is -0.347 e. The summed E-state index contributed by atoms with van der Waals surface area (Å²) < 4.78 is 2.17. The minimum absolute atomic E-state index is 0.260. The molecule has 0 radical (unpaired) electrons. The van der Waals surface area contributed by atoms with Crippen molar-refractivity contribution in [3.8, 4) is 12.1 Å². The Bertz CT molecular complexity index is 794. The van der Waals surface area contributed by atoms with Crippen molar-refractivity contribution in [2.45, 2.75) is 13.3 Å². The van der Waals surface area contributed by atoms with E-state index in [2.05, 4.69) is 23.6 Å².